The molecule has 0 radical (unpaired) electrons. The zero-order valence-corrected chi connectivity index (χ0v) is 13.8. The fraction of sp³-hybridized carbons (Fsp3) is 0.105. The second-order valence-corrected chi connectivity index (χ2v) is 7.45. The molecule has 4 heteroatoms. The Morgan fingerprint density at radius 3 is 1.87 bits per heavy atom. The molecule has 0 N–H and O–H groups in total. The van der Waals surface area contributed by atoms with Crippen molar-refractivity contribution in [2.45, 2.75) is 11.8 Å². The molecule has 0 aliphatic carbocycles. The molecule has 0 unspecified atom stereocenters. The van der Waals surface area contributed by atoms with Crippen molar-refractivity contribution in [3.05, 3.63) is 72.4 Å². The maximum absolute atomic E-state index is 12.5. The molecule has 0 bridgehead atoms. The van der Waals surface area contributed by atoms with Crippen LogP contribution < -0.4 is 0 Å². The van der Waals surface area contributed by atoms with E-state index in [0.717, 1.165) is 22.3 Å². The fourth-order valence-corrected chi connectivity index (χ4v) is 3.88. The van der Waals surface area contributed by atoms with Gasteiger partial charge in [0.15, 0.2) is 9.84 Å². The maximum Gasteiger partial charge on any atom is 0.178 e. The van der Waals surface area contributed by atoms with Crippen LogP contribution in [0.25, 0.3) is 22.4 Å². The molecule has 0 aliphatic rings. The molecule has 0 spiro atoms. The van der Waals surface area contributed by atoms with Crippen molar-refractivity contribution in [1.82, 2.24) is 4.98 Å². The quantitative estimate of drug-likeness (QED) is 0.728. The van der Waals surface area contributed by atoms with Gasteiger partial charge >= 0.3 is 0 Å². The SMILES string of the molecule is Cc1cnc(-c2ccccc2)c(S(C)(=O)=O)c1-c1ccccc1. The first kappa shape index (κ1) is 15.4. The largest absolute Gasteiger partial charge is 0.255 e. The van der Waals surface area contributed by atoms with Crippen LogP contribution in [0.3, 0.4) is 0 Å². The van der Waals surface area contributed by atoms with Crippen molar-refractivity contribution in [1.29, 1.82) is 0 Å². The topological polar surface area (TPSA) is 47.0 Å². The highest BCUT2D eigenvalue weighted by Crippen LogP contribution is 2.36. The fourth-order valence-electron chi connectivity index (χ4n) is 2.71. The number of aryl methyl sites for hydroxylation is 1. The van der Waals surface area contributed by atoms with Crippen LogP contribution in [0.5, 0.6) is 0 Å². The monoisotopic (exact) mass is 323 g/mol. The van der Waals surface area contributed by atoms with Gasteiger partial charge < -0.3 is 0 Å². The third kappa shape index (κ3) is 3.03. The molecule has 3 rings (SSSR count). The maximum atomic E-state index is 12.5. The van der Waals surface area contributed by atoms with Gasteiger partial charge in [-0.15, -0.1) is 0 Å². The molecule has 2 aromatic carbocycles. The summed E-state index contributed by atoms with van der Waals surface area (Å²) < 4.78 is 25.1. The Balaban J connectivity index is 2.41. The average Bonchev–Trinajstić information content (AvgIpc) is 2.55. The van der Waals surface area contributed by atoms with Gasteiger partial charge in [-0.3, -0.25) is 4.98 Å². The minimum atomic E-state index is -3.45. The van der Waals surface area contributed by atoms with Gasteiger partial charge in [0.1, 0.15) is 4.90 Å². The summed E-state index contributed by atoms with van der Waals surface area (Å²) in [5.41, 5.74) is 3.74. The van der Waals surface area contributed by atoms with Gasteiger partial charge in [-0.25, -0.2) is 8.42 Å². The van der Waals surface area contributed by atoms with Crippen molar-refractivity contribution in [2.24, 2.45) is 0 Å². The molecule has 0 aliphatic heterocycles. The number of pyridine rings is 1. The molecule has 3 aromatic rings. The molecule has 3 nitrogen and oxygen atoms in total. The van der Waals surface area contributed by atoms with Crippen LogP contribution in [0.15, 0.2) is 71.8 Å². The summed E-state index contributed by atoms with van der Waals surface area (Å²) in [4.78, 5) is 4.71. The average molecular weight is 323 g/mol. The van der Waals surface area contributed by atoms with Gasteiger partial charge in [0, 0.05) is 23.6 Å². The number of sulfone groups is 1. The van der Waals surface area contributed by atoms with Crippen molar-refractivity contribution >= 4 is 9.84 Å². The van der Waals surface area contributed by atoms with Crippen LogP contribution >= 0.6 is 0 Å². The lowest BCUT2D eigenvalue weighted by Gasteiger charge is -2.15. The van der Waals surface area contributed by atoms with Crippen LogP contribution in [0.4, 0.5) is 0 Å². The van der Waals surface area contributed by atoms with Crippen molar-refractivity contribution in [3.63, 3.8) is 0 Å². The highest BCUT2D eigenvalue weighted by atomic mass is 32.2. The first-order chi connectivity index (χ1) is 11.0. The molecule has 1 heterocycles. The lowest BCUT2D eigenvalue weighted by atomic mass is 9.99. The van der Waals surface area contributed by atoms with E-state index in [-0.39, 0.29) is 4.90 Å². The summed E-state index contributed by atoms with van der Waals surface area (Å²) in [7, 11) is -3.45. The lowest BCUT2D eigenvalue weighted by molar-refractivity contribution is 0.602. The molecule has 0 fully saturated rings. The zero-order valence-electron chi connectivity index (χ0n) is 13.0. The van der Waals surface area contributed by atoms with Crippen LogP contribution in [0.1, 0.15) is 5.56 Å². The standard InChI is InChI=1S/C19H17NO2S/c1-14-13-20-18(16-11-7-4-8-12-16)19(23(2,21)22)17(14)15-9-5-3-6-10-15/h3-13H,1-2H3. The van der Waals surface area contributed by atoms with Gasteiger partial charge in [0.25, 0.3) is 0 Å². The lowest BCUT2D eigenvalue weighted by Crippen LogP contribution is -2.06. The second kappa shape index (κ2) is 5.97. The summed E-state index contributed by atoms with van der Waals surface area (Å²) >= 11 is 0. The Labute approximate surface area is 136 Å². The summed E-state index contributed by atoms with van der Waals surface area (Å²) in [6.07, 6.45) is 2.97. The van der Waals surface area contributed by atoms with Crippen molar-refractivity contribution < 1.29 is 8.42 Å². The minimum Gasteiger partial charge on any atom is -0.255 e. The Morgan fingerprint density at radius 2 is 1.35 bits per heavy atom. The number of hydrogen-bond acceptors (Lipinski definition) is 3. The summed E-state index contributed by atoms with van der Waals surface area (Å²) in [5, 5.41) is 0. The van der Waals surface area contributed by atoms with Gasteiger partial charge in [0.05, 0.1) is 5.69 Å². The molecule has 0 saturated carbocycles. The molecule has 1 aromatic heterocycles. The molecular formula is C19H17NO2S. The number of aromatic nitrogens is 1. The minimum absolute atomic E-state index is 0.287. The number of rotatable bonds is 3. The van der Waals surface area contributed by atoms with Crippen LogP contribution in [-0.2, 0) is 9.84 Å². The molecular weight excluding hydrogens is 306 g/mol. The van der Waals surface area contributed by atoms with E-state index >= 15 is 0 Å². The summed E-state index contributed by atoms with van der Waals surface area (Å²) in [6.45, 7) is 1.89. The zero-order chi connectivity index (χ0) is 16.4. The van der Waals surface area contributed by atoms with Crippen LogP contribution in [0.2, 0.25) is 0 Å². The molecule has 0 saturated heterocycles. The highest BCUT2D eigenvalue weighted by Gasteiger charge is 2.23. The van der Waals surface area contributed by atoms with Crippen LogP contribution in [0, 0.1) is 6.92 Å². The number of benzene rings is 2. The summed E-state index contributed by atoms with van der Waals surface area (Å²) in [5.74, 6) is 0. The van der Waals surface area contributed by atoms with Crippen molar-refractivity contribution in [2.75, 3.05) is 6.26 Å². The molecule has 0 amide bonds. The van der Waals surface area contributed by atoms with Gasteiger partial charge in [-0.2, -0.15) is 0 Å². The first-order valence-corrected chi connectivity index (χ1v) is 9.18. The van der Waals surface area contributed by atoms with E-state index in [1.165, 1.54) is 6.26 Å². The van der Waals surface area contributed by atoms with Crippen molar-refractivity contribution in [3.8, 4) is 22.4 Å². The smallest absolute Gasteiger partial charge is 0.178 e. The number of hydrogen-bond donors (Lipinski definition) is 0. The Bertz CT molecular complexity index is 934. The number of nitrogens with zero attached hydrogens (tertiary/aromatic N) is 1. The van der Waals surface area contributed by atoms with Gasteiger partial charge in [-0.05, 0) is 18.1 Å². The van der Waals surface area contributed by atoms with Crippen LogP contribution in [-0.4, -0.2) is 19.7 Å². The van der Waals surface area contributed by atoms with E-state index in [4.69, 9.17) is 0 Å². The Kier molecular flexibility index (Phi) is 4.01. The highest BCUT2D eigenvalue weighted by molar-refractivity contribution is 7.91. The van der Waals surface area contributed by atoms with E-state index in [0.29, 0.717) is 5.69 Å². The van der Waals surface area contributed by atoms with E-state index in [1.54, 1.807) is 6.20 Å². The predicted octanol–water partition coefficient (Wildman–Crippen LogP) is 4.13. The molecule has 116 valence electrons. The van der Waals surface area contributed by atoms with Gasteiger partial charge in [-0.1, -0.05) is 60.7 Å². The van der Waals surface area contributed by atoms with E-state index in [9.17, 15) is 8.42 Å². The Hall–Kier alpha value is -2.46. The first-order valence-electron chi connectivity index (χ1n) is 7.29. The molecule has 23 heavy (non-hydrogen) atoms. The Morgan fingerprint density at radius 1 is 0.826 bits per heavy atom. The third-order valence-electron chi connectivity index (χ3n) is 3.70. The normalized spacial score (nSPS) is 11.4. The van der Waals surface area contributed by atoms with Gasteiger partial charge in [0.2, 0.25) is 0 Å². The van der Waals surface area contributed by atoms with E-state index in [2.05, 4.69) is 4.98 Å². The second-order valence-electron chi connectivity index (χ2n) is 5.50. The molecule has 0 atom stereocenters. The predicted molar refractivity (Wildman–Crippen MR) is 93.0 cm³/mol. The summed E-state index contributed by atoms with van der Waals surface area (Å²) in [6, 6.07) is 19.0. The third-order valence-corrected chi connectivity index (χ3v) is 4.84. The van der Waals surface area contributed by atoms with E-state index in [1.807, 2.05) is 67.6 Å². The van der Waals surface area contributed by atoms with E-state index < -0.39 is 9.84 Å².